The fourth-order valence-electron chi connectivity index (χ4n) is 1.77. The first kappa shape index (κ1) is 15.9. The molecule has 0 aliphatic rings. The van der Waals surface area contributed by atoms with Gasteiger partial charge in [-0.15, -0.1) is 0 Å². The van der Waals surface area contributed by atoms with Gasteiger partial charge in [0.1, 0.15) is 6.54 Å². The summed E-state index contributed by atoms with van der Waals surface area (Å²) in [6.45, 7) is 1.69. The summed E-state index contributed by atoms with van der Waals surface area (Å²) in [6.07, 6.45) is 1.03. The van der Waals surface area contributed by atoms with Gasteiger partial charge in [-0.05, 0) is 12.0 Å². The molecule has 0 bridgehead atoms. The van der Waals surface area contributed by atoms with E-state index in [4.69, 9.17) is 5.11 Å². The molecule has 0 saturated carbocycles. The van der Waals surface area contributed by atoms with E-state index in [0.29, 0.717) is 5.56 Å². The number of aryl methyl sites for hydroxylation is 1. The van der Waals surface area contributed by atoms with Gasteiger partial charge in [0.15, 0.2) is 5.78 Å². The Morgan fingerprint density at radius 1 is 1.10 bits per heavy atom. The molecule has 1 amide bonds. The lowest BCUT2D eigenvalue weighted by Gasteiger charge is -2.13. The van der Waals surface area contributed by atoms with E-state index in [1.54, 1.807) is 12.1 Å². The normalized spacial score (nSPS) is 10.1. The summed E-state index contributed by atoms with van der Waals surface area (Å²) in [5, 5.41) is 8.58. The third-order valence-corrected chi connectivity index (χ3v) is 3.05. The zero-order chi connectivity index (χ0) is 15.1. The smallest absolute Gasteiger partial charge is 0.323 e. The number of aliphatic carboxylic acids is 1. The van der Waals surface area contributed by atoms with Crippen LogP contribution in [-0.2, 0) is 16.0 Å². The maximum atomic E-state index is 11.9. The average molecular weight is 277 g/mol. The van der Waals surface area contributed by atoms with Crippen molar-refractivity contribution in [2.45, 2.75) is 26.2 Å². The monoisotopic (exact) mass is 277 g/mol. The van der Waals surface area contributed by atoms with Crippen LogP contribution in [-0.4, -0.2) is 41.3 Å². The summed E-state index contributed by atoms with van der Waals surface area (Å²) in [4.78, 5) is 35.1. The van der Waals surface area contributed by atoms with Gasteiger partial charge in [-0.25, -0.2) is 0 Å². The van der Waals surface area contributed by atoms with E-state index >= 15 is 0 Å². The molecule has 108 valence electrons. The number of likely N-dealkylation sites (N-methyl/N-ethyl adjacent to an activating group) is 1. The summed E-state index contributed by atoms with van der Waals surface area (Å²) in [5.74, 6) is -1.52. The number of carboxylic acids is 1. The molecule has 0 aliphatic carbocycles. The van der Waals surface area contributed by atoms with Crippen LogP contribution in [0.3, 0.4) is 0 Å². The standard InChI is InChI=1S/C15H19NO4/c1-3-11-4-6-12(7-5-11)13(17)8-9-14(18)16(2)10-15(19)20/h4-7H,3,8-10H2,1-2H3,(H,19,20). The first-order valence-corrected chi connectivity index (χ1v) is 6.52. The molecule has 0 saturated heterocycles. The molecule has 0 aromatic heterocycles. The minimum atomic E-state index is -1.07. The van der Waals surface area contributed by atoms with Crippen molar-refractivity contribution in [2.75, 3.05) is 13.6 Å². The molecule has 0 fully saturated rings. The largest absolute Gasteiger partial charge is 0.480 e. The number of nitrogens with zero attached hydrogens (tertiary/aromatic N) is 1. The Hall–Kier alpha value is -2.17. The number of ketones is 1. The molecular formula is C15H19NO4. The topological polar surface area (TPSA) is 74.7 Å². The van der Waals surface area contributed by atoms with Crippen molar-refractivity contribution in [2.24, 2.45) is 0 Å². The molecule has 1 aromatic carbocycles. The second-order valence-corrected chi connectivity index (χ2v) is 4.62. The summed E-state index contributed by atoms with van der Waals surface area (Å²) in [7, 11) is 1.41. The van der Waals surface area contributed by atoms with Crippen LogP contribution in [0.2, 0.25) is 0 Å². The molecule has 1 N–H and O–H groups in total. The van der Waals surface area contributed by atoms with Gasteiger partial charge in [-0.3, -0.25) is 14.4 Å². The Kier molecular flexibility index (Phi) is 5.90. The van der Waals surface area contributed by atoms with Crippen LogP contribution in [0.4, 0.5) is 0 Å². The Morgan fingerprint density at radius 2 is 1.70 bits per heavy atom. The van der Waals surface area contributed by atoms with Gasteiger partial charge < -0.3 is 10.0 Å². The van der Waals surface area contributed by atoms with Crippen molar-refractivity contribution in [3.05, 3.63) is 35.4 Å². The number of Topliss-reactive ketones (excluding diaryl/α,β-unsaturated/α-hetero) is 1. The van der Waals surface area contributed by atoms with E-state index in [9.17, 15) is 14.4 Å². The fourth-order valence-corrected chi connectivity index (χ4v) is 1.77. The van der Waals surface area contributed by atoms with Crippen molar-refractivity contribution in [1.82, 2.24) is 4.90 Å². The molecule has 5 heteroatoms. The molecule has 0 aliphatic heterocycles. The number of carbonyl (C=O) groups excluding carboxylic acids is 2. The SMILES string of the molecule is CCc1ccc(C(=O)CCC(=O)N(C)CC(=O)O)cc1. The molecule has 0 radical (unpaired) electrons. The van der Waals surface area contributed by atoms with Gasteiger partial charge in [-0.1, -0.05) is 31.2 Å². The van der Waals surface area contributed by atoms with Crippen molar-refractivity contribution in [3.8, 4) is 0 Å². The van der Waals surface area contributed by atoms with Crippen molar-refractivity contribution >= 4 is 17.7 Å². The Bertz CT molecular complexity index is 493. The van der Waals surface area contributed by atoms with E-state index < -0.39 is 5.97 Å². The molecule has 0 spiro atoms. The summed E-state index contributed by atoms with van der Waals surface area (Å²) in [5.41, 5.74) is 1.73. The molecule has 0 unspecified atom stereocenters. The second kappa shape index (κ2) is 7.43. The van der Waals surface area contributed by atoms with Crippen LogP contribution in [0.5, 0.6) is 0 Å². The average Bonchev–Trinajstić information content (AvgIpc) is 2.43. The van der Waals surface area contributed by atoms with Gasteiger partial charge in [0.05, 0.1) is 0 Å². The summed E-state index contributed by atoms with van der Waals surface area (Å²) < 4.78 is 0. The van der Waals surface area contributed by atoms with E-state index in [1.807, 2.05) is 19.1 Å². The number of hydrogen-bond acceptors (Lipinski definition) is 3. The van der Waals surface area contributed by atoms with E-state index in [2.05, 4.69) is 0 Å². The number of carboxylic acid groups (broad SMARTS) is 1. The second-order valence-electron chi connectivity index (χ2n) is 4.62. The van der Waals surface area contributed by atoms with Crippen molar-refractivity contribution in [1.29, 1.82) is 0 Å². The lowest BCUT2D eigenvalue weighted by molar-refractivity contribution is -0.143. The lowest BCUT2D eigenvalue weighted by Crippen LogP contribution is -2.32. The molecule has 1 rings (SSSR count). The van der Waals surface area contributed by atoms with Gasteiger partial charge in [0, 0.05) is 25.5 Å². The molecule has 5 nitrogen and oxygen atoms in total. The summed E-state index contributed by atoms with van der Waals surface area (Å²) in [6, 6.07) is 7.30. The Labute approximate surface area is 118 Å². The predicted octanol–water partition coefficient (Wildman–Crippen LogP) is 1.75. The first-order chi connectivity index (χ1) is 9.43. The maximum Gasteiger partial charge on any atom is 0.323 e. The Morgan fingerprint density at radius 3 is 2.20 bits per heavy atom. The highest BCUT2D eigenvalue weighted by atomic mass is 16.4. The van der Waals surface area contributed by atoms with Gasteiger partial charge in [-0.2, -0.15) is 0 Å². The lowest BCUT2D eigenvalue weighted by atomic mass is 10.0. The third-order valence-electron chi connectivity index (χ3n) is 3.05. The summed E-state index contributed by atoms with van der Waals surface area (Å²) >= 11 is 0. The zero-order valence-corrected chi connectivity index (χ0v) is 11.8. The van der Waals surface area contributed by atoms with Crippen LogP contribution in [0, 0.1) is 0 Å². The molecule has 1 aromatic rings. The van der Waals surface area contributed by atoms with Gasteiger partial charge in [0.25, 0.3) is 0 Å². The number of benzene rings is 1. The minimum absolute atomic E-state index is 0.0259. The molecular weight excluding hydrogens is 258 g/mol. The highest BCUT2D eigenvalue weighted by Gasteiger charge is 2.14. The van der Waals surface area contributed by atoms with Crippen molar-refractivity contribution < 1.29 is 19.5 Å². The third kappa shape index (κ3) is 4.84. The highest BCUT2D eigenvalue weighted by molar-refractivity contribution is 5.98. The van der Waals surface area contributed by atoms with E-state index in [0.717, 1.165) is 16.9 Å². The van der Waals surface area contributed by atoms with Crippen LogP contribution < -0.4 is 0 Å². The highest BCUT2D eigenvalue weighted by Crippen LogP contribution is 2.09. The molecule has 20 heavy (non-hydrogen) atoms. The fraction of sp³-hybridized carbons (Fsp3) is 0.400. The van der Waals surface area contributed by atoms with Crippen LogP contribution in [0.15, 0.2) is 24.3 Å². The number of carbonyl (C=O) groups is 3. The number of rotatable bonds is 7. The zero-order valence-electron chi connectivity index (χ0n) is 11.8. The predicted molar refractivity (Wildman–Crippen MR) is 74.7 cm³/mol. The van der Waals surface area contributed by atoms with Gasteiger partial charge >= 0.3 is 5.97 Å². The number of amides is 1. The molecule has 0 atom stereocenters. The first-order valence-electron chi connectivity index (χ1n) is 6.52. The Balaban J connectivity index is 2.50. The quantitative estimate of drug-likeness (QED) is 0.770. The van der Waals surface area contributed by atoms with E-state index in [-0.39, 0.29) is 31.1 Å². The van der Waals surface area contributed by atoms with E-state index in [1.165, 1.54) is 7.05 Å². The molecule has 0 heterocycles. The minimum Gasteiger partial charge on any atom is -0.480 e. The van der Waals surface area contributed by atoms with Gasteiger partial charge in [0.2, 0.25) is 5.91 Å². The van der Waals surface area contributed by atoms with Crippen LogP contribution in [0.1, 0.15) is 35.7 Å². The van der Waals surface area contributed by atoms with Crippen LogP contribution >= 0.6 is 0 Å². The number of hydrogen-bond donors (Lipinski definition) is 1. The maximum absolute atomic E-state index is 11.9. The van der Waals surface area contributed by atoms with Crippen molar-refractivity contribution in [3.63, 3.8) is 0 Å². The van der Waals surface area contributed by atoms with Crippen LogP contribution in [0.25, 0.3) is 0 Å².